The van der Waals surface area contributed by atoms with E-state index in [0.717, 1.165) is 16.1 Å². The first-order valence-electron chi connectivity index (χ1n) is 4.72. The van der Waals surface area contributed by atoms with Gasteiger partial charge in [0.1, 0.15) is 0 Å². The smallest absolute Gasteiger partial charge is 0.0410 e. The van der Waals surface area contributed by atoms with Gasteiger partial charge in [-0.15, -0.1) is 0 Å². The lowest BCUT2D eigenvalue weighted by Crippen LogP contribution is -2.43. The first kappa shape index (κ1) is 10.5. The zero-order valence-corrected chi connectivity index (χ0v) is 10.3. The molecule has 2 rings (SSSR count). The van der Waals surface area contributed by atoms with E-state index in [-0.39, 0.29) is 0 Å². The molecule has 1 saturated heterocycles. The van der Waals surface area contributed by atoms with Crippen LogP contribution in [0.3, 0.4) is 0 Å². The Labute approximate surface area is 97.0 Å². The summed E-state index contributed by atoms with van der Waals surface area (Å²) in [6, 6.07) is 2.14. The molecule has 0 aromatic carbocycles. The van der Waals surface area contributed by atoms with Gasteiger partial charge in [-0.05, 0) is 52.3 Å². The van der Waals surface area contributed by atoms with Crippen LogP contribution in [0, 0.1) is 5.92 Å². The number of hydrogen-bond acceptors (Lipinski definition) is 3. The predicted octanol–water partition coefficient (Wildman–Crippen LogP) is 2.30. The average molecular weight is 273 g/mol. The maximum absolute atomic E-state index is 4.14. The fourth-order valence-corrected chi connectivity index (χ4v) is 2.84. The van der Waals surface area contributed by atoms with Crippen molar-refractivity contribution < 1.29 is 0 Å². The van der Waals surface area contributed by atoms with Crippen LogP contribution in [0.2, 0.25) is 0 Å². The third kappa shape index (κ3) is 2.97. The summed E-state index contributed by atoms with van der Waals surface area (Å²) < 4.78 is 1.07. The van der Waals surface area contributed by atoms with Crippen LogP contribution in [0.5, 0.6) is 0 Å². The molecule has 2 nitrogen and oxygen atoms in total. The van der Waals surface area contributed by atoms with Crippen molar-refractivity contribution in [2.24, 2.45) is 5.92 Å². The van der Waals surface area contributed by atoms with E-state index in [1.807, 2.05) is 24.2 Å². The lowest BCUT2D eigenvalue weighted by molar-refractivity contribution is 0.385. The second-order valence-corrected chi connectivity index (χ2v) is 5.50. The Morgan fingerprint density at radius 2 is 2.36 bits per heavy atom. The van der Waals surface area contributed by atoms with E-state index in [2.05, 4.69) is 32.3 Å². The van der Waals surface area contributed by atoms with Crippen molar-refractivity contribution in [1.29, 1.82) is 0 Å². The molecule has 0 aliphatic carbocycles. The number of aromatic nitrogens is 1. The monoisotopic (exact) mass is 272 g/mol. The summed E-state index contributed by atoms with van der Waals surface area (Å²) in [4.78, 5) is 4.14. The summed E-state index contributed by atoms with van der Waals surface area (Å²) in [5, 5.41) is 3.29. The highest BCUT2D eigenvalue weighted by molar-refractivity contribution is 9.10. The molecule has 0 unspecified atom stereocenters. The molecular weight excluding hydrogens is 260 g/mol. The van der Waals surface area contributed by atoms with Gasteiger partial charge in [-0.3, -0.25) is 4.98 Å². The molecule has 1 aliphatic rings. The van der Waals surface area contributed by atoms with Crippen molar-refractivity contribution in [3.8, 4) is 0 Å². The van der Waals surface area contributed by atoms with Crippen molar-refractivity contribution in [3.05, 3.63) is 28.5 Å². The number of halogens is 1. The van der Waals surface area contributed by atoms with Gasteiger partial charge in [-0.1, -0.05) is 0 Å². The Bertz CT molecular complexity index is 302. The second-order valence-electron chi connectivity index (χ2n) is 3.55. The van der Waals surface area contributed by atoms with Gasteiger partial charge >= 0.3 is 0 Å². The molecule has 0 amide bonds. The largest absolute Gasteiger partial charge is 0.316 e. The quantitative estimate of drug-likeness (QED) is 0.911. The fourth-order valence-electron chi connectivity index (χ4n) is 1.34. The molecule has 1 aromatic heterocycles. The van der Waals surface area contributed by atoms with Crippen LogP contribution >= 0.6 is 27.7 Å². The van der Waals surface area contributed by atoms with Gasteiger partial charge in [0.2, 0.25) is 0 Å². The Morgan fingerprint density at radius 1 is 1.50 bits per heavy atom. The number of rotatable bonds is 4. The molecule has 0 saturated carbocycles. The molecule has 1 aromatic rings. The Hall–Kier alpha value is -0.0600. The average Bonchev–Trinajstić information content (AvgIpc) is 2.09. The zero-order valence-electron chi connectivity index (χ0n) is 7.87. The highest BCUT2D eigenvalue weighted by Crippen LogP contribution is 2.19. The summed E-state index contributed by atoms with van der Waals surface area (Å²) in [5.74, 6) is 3.22. The Balaban J connectivity index is 1.74. The van der Waals surface area contributed by atoms with Gasteiger partial charge in [0.05, 0.1) is 0 Å². The second kappa shape index (κ2) is 5.14. The summed E-state index contributed by atoms with van der Waals surface area (Å²) in [6.45, 7) is 2.40. The topological polar surface area (TPSA) is 24.9 Å². The molecule has 0 radical (unpaired) electrons. The van der Waals surface area contributed by atoms with Crippen LogP contribution in [-0.2, 0) is 5.75 Å². The Morgan fingerprint density at radius 3 is 3.00 bits per heavy atom. The summed E-state index contributed by atoms with van der Waals surface area (Å²) in [5.41, 5.74) is 1.30. The minimum absolute atomic E-state index is 0.889. The molecule has 1 fully saturated rings. The van der Waals surface area contributed by atoms with Crippen molar-refractivity contribution in [3.63, 3.8) is 0 Å². The first-order valence-corrected chi connectivity index (χ1v) is 6.67. The highest BCUT2D eigenvalue weighted by Gasteiger charge is 2.15. The molecule has 1 aliphatic heterocycles. The maximum Gasteiger partial charge on any atom is 0.0410 e. The SMILES string of the molecule is Brc1cncc(CSCC2CNC2)c1. The van der Waals surface area contributed by atoms with Crippen LogP contribution < -0.4 is 5.32 Å². The van der Waals surface area contributed by atoms with Gasteiger partial charge in [-0.2, -0.15) is 11.8 Å². The van der Waals surface area contributed by atoms with Crippen LogP contribution in [-0.4, -0.2) is 23.8 Å². The van der Waals surface area contributed by atoms with Crippen LogP contribution in [0.25, 0.3) is 0 Å². The zero-order chi connectivity index (χ0) is 9.80. The van der Waals surface area contributed by atoms with E-state index in [4.69, 9.17) is 0 Å². The Kier molecular flexibility index (Phi) is 3.84. The van der Waals surface area contributed by atoms with Crippen LogP contribution in [0.15, 0.2) is 22.9 Å². The van der Waals surface area contributed by atoms with E-state index in [9.17, 15) is 0 Å². The minimum Gasteiger partial charge on any atom is -0.316 e. The maximum atomic E-state index is 4.14. The van der Waals surface area contributed by atoms with E-state index in [0.29, 0.717) is 0 Å². The number of pyridine rings is 1. The van der Waals surface area contributed by atoms with Crippen molar-refractivity contribution in [2.45, 2.75) is 5.75 Å². The van der Waals surface area contributed by atoms with Crippen molar-refractivity contribution in [1.82, 2.24) is 10.3 Å². The van der Waals surface area contributed by atoms with Gasteiger partial charge in [0, 0.05) is 22.6 Å². The van der Waals surface area contributed by atoms with Crippen molar-refractivity contribution >= 4 is 27.7 Å². The van der Waals surface area contributed by atoms with Gasteiger partial charge in [-0.25, -0.2) is 0 Å². The normalized spacial score (nSPS) is 16.6. The van der Waals surface area contributed by atoms with Gasteiger partial charge < -0.3 is 5.32 Å². The molecular formula is C10H13BrN2S. The molecule has 1 N–H and O–H groups in total. The molecule has 0 spiro atoms. The van der Waals surface area contributed by atoms with E-state index >= 15 is 0 Å². The fraction of sp³-hybridized carbons (Fsp3) is 0.500. The number of nitrogens with one attached hydrogen (secondary N) is 1. The lowest BCUT2D eigenvalue weighted by Gasteiger charge is -2.26. The lowest BCUT2D eigenvalue weighted by atomic mass is 10.1. The highest BCUT2D eigenvalue weighted by atomic mass is 79.9. The molecule has 76 valence electrons. The van der Waals surface area contributed by atoms with E-state index in [1.165, 1.54) is 24.4 Å². The summed E-state index contributed by atoms with van der Waals surface area (Å²) >= 11 is 5.42. The predicted molar refractivity (Wildman–Crippen MR) is 64.5 cm³/mol. The van der Waals surface area contributed by atoms with Crippen molar-refractivity contribution in [2.75, 3.05) is 18.8 Å². The van der Waals surface area contributed by atoms with Crippen LogP contribution in [0.1, 0.15) is 5.56 Å². The number of hydrogen-bond donors (Lipinski definition) is 1. The first-order chi connectivity index (χ1) is 6.84. The standard InChI is InChI=1S/C10H13BrN2S/c11-10-1-8(2-13-5-10)6-14-7-9-3-12-4-9/h1-2,5,9,12H,3-4,6-7H2. The van der Waals surface area contributed by atoms with Crippen LogP contribution in [0.4, 0.5) is 0 Å². The molecule has 0 atom stereocenters. The van der Waals surface area contributed by atoms with E-state index < -0.39 is 0 Å². The number of nitrogens with zero attached hydrogens (tertiary/aromatic N) is 1. The molecule has 14 heavy (non-hydrogen) atoms. The third-order valence-electron chi connectivity index (χ3n) is 2.25. The molecule has 4 heteroatoms. The summed E-state index contributed by atoms with van der Waals surface area (Å²) in [6.07, 6.45) is 3.76. The number of thioether (sulfide) groups is 1. The molecule has 2 heterocycles. The van der Waals surface area contributed by atoms with Gasteiger partial charge in [0.25, 0.3) is 0 Å². The van der Waals surface area contributed by atoms with E-state index in [1.54, 1.807) is 0 Å². The van der Waals surface area contributed by atoms with Gasteiger partial charge in [0.15, 0.2) is 0 Å². The molecule has 0 bridgehead atoms. The summed E-state index contributed by atoms with van der Waals surface area (Å²) in [7, 11) is 0. The minimum atomic E-state index is 0.889. The third-order valence-corrected chi connectivity index (χ3v) is 3.93.